The van der Waals surface area contributed by atoms with Gasteiger partial charge in [0.15, 0.2) is 0 Å². The van der Waals surface area contributed by atoms with E-state index >= 15 is 0 Å². The molecule has 0 fully saturated rings. The molecule has 2 N–H and O–H groups in total. The van der Waals surface area contributed by atoms with Gasteiger partial charge in [0, 0.05) is 37.7 Å². The Bertz CT molecular complexity index is 407. The number of nitrogens with one attached hydrogen (secondary N) is 2. The normalized spacial score (nSPS) is 13.6. The lowest BCUT2D eigenvalue weighted by Gasteiger charge is -2.12. The van der Waals surface area contributed by atoms with Crippen LogP contribution in [0.25, 0.3) is 0 Å². The van der Waals surface area contributed by atoms with Crippen LogP contribution >= 0.6 is 0 Å². The van der Waals surface area contributed by atoms with Crippen molar-refractivity contribution in [3.05, 3.63) is 24.3 Å². The van der Waals surface area contributed by atoms with Gasteiger partial charge in [-0.2, -0.15) is 0 Å². The van der Waals surface area contributed by atoms with Gasteiger partial charge in [-0.3, -0.25) is 9.97 Å². The van der Waals surface area contributed by atoms with Crippen molar-refractivity contribution in [1.29, 1.82) is 0 Å². The molecule has 1 unspecified atom stereocenters. The second-order valence-electron chi connectivity index (χ2n) is 3.47. The van der Waals surface area contributed by atoms with Crippen molar-refractivity contribution in [1.82, 2.24) is 20.0 Å². The summed E-state index contributed by atoms with van der Waals surface area (Å²) in [4.78, 5) is 8.10. The predicted molar refractivity (Wildman–Crippen MR) is 61.3 cm³/mol. The summed E-state index contributed by atoms with van der Waals surface area (Å²) in [5.74, 6) is 0. The minimum atomic E-state index is -3.10. The molecule has 1 heterocycles. The van der Waals surface area contributed by atoms with Crippen molar-refractivity contribution in [3.63, 3.8) is 0 Å². The monoisotopic (exact) mass is 244 g/mol. The Balaban J connectivity index is 2.29. The van der Waals surface area contributed by atoms with Crippen LogP contribution in [0.5, 0.6) is 0 Å². The van der Waals surface area contributed by atoms with Crippen LogP contribution in [0.15, 0.2) is 18.6 Å². The Kier molecular flexibility index (Phi) is 4.78. The Morgan fingerprint density at radius 3 is 2.69 bits per heavy atom. The van der Waals surface area contributed by atoms with E-state index in [2.05, 4.69) is 20.0 Å². The third-order valence-electron chi connectivity index (χ3n) is 1.97. The summed E-state index contributed by atoms with van der Waals surface area (Å²) in [6.07, 6.45) is 6.06. The van der Waals surface area contributed by atoms with Crippen molar-refractivity contribution in [2.45, 2.75) is 13.0 Å². The van der Waals surface area contributed by atoms with Crippen molar-refractivity contribution in [3.8, 4) is 0 Å². The van der Waals surface area contributed by atoms with E-state index in [1.165, 1.54) is 0 Å². The lowest BCUT2D eigenvalue weighted by Crippen LogP contribution is -2.32. The highest BCUT2D eigenvalue weighted by atomic mass is 32.2. The van der Waals surface area contributed by atoms with Crippen LogP contribution in [-0.2, 0) is 10.0 Å². The maximum absolute atomic E-state index is 10.8. The highest BCUT2D eigenvalue weighted by Crippen LogP contribution is 2.04. The summed E-state index contributed by atoms with van der Waals surface area (Å²) in [5, 5.41) is 3.14. The van der Waals surface area contributed by atoms with Crippen LogP contribution in [0.2, 0.25) is 0 Å². The molecule has 0 spiro atoms. The van der Waals surface area contributed by atoms with Gasteiger partial charge >= 0.3 is 0 Å². The number of aromatic nitrogens is 2. The predicted octanol–water partition coefficient (Wildman–Crippen LogP) is -0.324. The SMILES string of the molecule is CC(NCCNS(C)(=O)=O)c1cnccn1. The highest BCUT2D eigenvalue weighted by Gasteiger charge is 2.05. The molecule has 0 aliphatic rings. The Morgan fingerprint density at radius 1 is 1.38 bits per heavy atom. The molecule has 0 bridgehead atoms. The molecule has 0 radical (unpaired) electrons. The number of nitrogens with zero attached hydrogens (tertiary/aromatic N) is 2. The Morgan fingerprint density at radius 2 is 2.12 bits per heavy atom. The molecule has 6 nitrogen and oxygen atoms in total. The van der Waals surface area contributed by atoms with E-state index in [0.717, 1.165) is 11.9 Å². The first-order valence-electron chi connectivity index (χ1n) is 4.93. The summed E-state index contributed by atoms with van der Waals surface area (Å²) < 4.78 is 24.0. The quantitative estimate of drug-likeness (QED) is 0.670. The van der Waals surface area contributed by atoms with Crippen molar-refractivity contribution in [2.75, 3.05) is 19.3 Å². The van der Waals surface area contributed by atoms with Gasteiger partial charge in [-0.05, 0) is 6.92 Å². The zero-order chi connectivity index (χ0) is 12.0. The molecule has 0 saturated carbocycles. The summed E-state index contributed by atoms with van der Waals surface area (Å²) in [7, 11) is -3.10. The fraction of sp³-hybridized carbons (Fsp3) is 0.556. The van der Waals surface area contributed by atoms with E-state index in [1.54, 1.807) is 18.6 Å². The summed E-state index contributed by atoms with van der Waals surface area (Å²) in [6, 6.07) is 0.0510. The smallest absolute Gasteiger partial charge is 0.208 e. The molecule has 7 heteroatoms. The zero-order valence-electron chi connectivity index (χ0n) is 9.34. The van der Waals surface area contributed by atoms with E-state index in [9.17, 15) is 8.42 Å². The minimum absolute atomic E-state index is 0.0510. The van der Waals surface area contributed by atoms with E-state index in [4.69, 9.17) is 0 Å². The average Bonchev–Trinajstić information content (AvgIpc) is 2.24. The molecular weight excluding hydrogens is 228 g/mol. The van der Waals surface area contributed by atoms with Crippen LogP contribution in [0.3, 0.4) is 0 Å². The van der Waals surface area contributed by atoms with Crippen molar-refractivity contribution >= 4 is 10.0 Å². The first kappa shape index (κ1) is 13.0. The summed E-state index contributed by atoms with van der Waals surface area (Å²) >= 11 is 0. The molecule has 16 heavy (non-hydrogen) atoms. The average molecular weight is 244 g/mol. The van der Waals surface area contributed by atoms with Gasteiger partial charge in [-0.15, -0.1) is 0 Å². The topological polar surface area (TPSA) is 84.0 Å². The van der Waals surface area contributed by atoms with E-state index in [-0.39, 0.29) is 6.04 Å². The van der Waals surface area contributed by atoms with Gasteiger partial charge in [-0.25, -0.2) is 13.1 Å². The molecular formula is C9H16N4O2S. The van der Waals surface area contributed by atoms with Crippen molar-refractivity contribution in [2.24, 2.45) is 0 Å². The van der Waals surface area contributed by atoms with Gasteiger partial charge < -0.3 is 5.32 Å². The van der Waals surface area contributed by atoms with Gasteiger partial charge in [0.2, 0.25) is 10.0 Å². The fourth-order valence-corrected chi connectivity index (χ4v) is 1.64. The minimum Gasteiger partial charge on any atom is -0.307 e. The van der Waals surface area contributed by atoms with Crippen LogP contribution in [0, 0.1) is 0 Å². The molecule has 1 aromatic rings. The number of sulfonamides is 1. The van der Waals surface area contributed by atoms with Crippen LogP contribution in [0.4, 0.5) is 0 Å². The fourth-order valence-electron chi connectivity index (χ4n) is 1.16. The third kappa shape index (κ3) is 5.15. The first-order chi connectivity index (χ1) is 7.49. The largest absolute Gasteiger partial charge is 0.307 e. The number of hydrogen-bond acceptors (Lipinski definition) is 5. The van der Waals surface area contributed by atoms with Gasteiger partial charge in [-0.1, -0.05) is 0 Å². The standard InChI is InChI=1S/C9H16N4O2S/c1-8(9-7-10-3-4-12-9)11-5-6-13-16(2,14)15/h3-4,7-8,11,13H,5-6H2,1-2H3. The second-order valence-corrected chi connectivity index (χ2v) is 5.31. The number of rotatable bonds is 6. The summed E-state index contributed by atoms with van der Waals surface area (Å²) in [5.41, 5.74) is 0.835. The Labute approximate surface area is 95.6 Å². The maximum Gasteiger partial charge on any atom is 0.208 e. The highest BCUT2D eigenvalue weighted by molar-refractivity contribution is 7.88. The number of hydrogen-bond donors (Lipinski definition) is 2. The lowest BCUT2D eigenvalue weighted by atomic mass is 10.2. The molecule has 0 amide bonds. The van der Waals surface area contributed by atoms with Crippen molar-refractivity contribution < 1.29 is 8.42 Å². The van der Waals surface area contributed by atoms with E-state index in [1.807, 2.05) is 6.92 Å². The third-order valence-corrected chi connectivity index (χ3v) is 2.70. The summed E-state index contributed by atoms with van der Waals surface area (Å²) in [6.45, 7) is 2.86. The molecule has 0 saturated heterocycles. The molecule has 0 aliphatic carbocycles. The van der Waals surface area contributed by atoms with Crippen LogP contribution in [0.1, 0.15) is 18.7 Å². The molecule has 1 rings (SSSR count). The van der Waals surface area contributed by atoms with Gasteiger partial charge in [0.05, 0.1) is 11.9 Å². The Hall–Kier alpha value is -1.05. The van der Waals surface area contributed by atoms with Gasteiger partial charge in [0.25, 0.3) is 0 Å². The second kappa shape index (κ2) is 5.88. The van der Waals surface area contributed by atoms with E-state index in [0.29, 0.717) is 13.1 Å². The molecule has 1 atom stereocenters. The van der Waals surface area contributed by atoms with E-state index < -0.39 is 10.0 Å². The molecule has 90 valence electrons. The molecule has 1 aromatic heterocycles. The lowest BCUT2D eigenvalue weighted by molar-refractivity contribution is 0.547. The first-order valence-corrected chi connectivity index (χ1v) is 6.82. The van der Waals surface area contributed by atoms with Crippen LogP contribution in [-0.4, -0.2) is 37.7 Å². The molecule has 0 aromatic carbocycles. The van der Waals surface area contributed by atoms with Crippen LogP contribution < -0.4 is 10.0 Å². The maximum atomic E-state index is 10.8. The zero-order valence-corrected chi connectivity index (χ0v) is 10.2. The van der Waals surface area contributed by atoms with Gasteiger partial charge in [0.1, 0.15) is 0 Å². The molecule has 0 aliphatic heterocycles.